The van der Waals surface area contributed by atoms with Crippen LogP contribution in [-0.4, -0.2) is 11.0 Å². The molecule has 1 aromatic rings. The smallest absolute Gasteiger partial charge is 0.201 e. The summed E-state index contributed by atoms with van der Waals surface area (Å²) >= 11 is 5.24. The van der Waals surface area contributed by atoms with Crippen molar-refractivity contribution in [2.45, 2.75) is 0 Å². The van der Waals surface area contributed by atoms with Crippen molar-refractivity contribution in [2.75, 3.05) is 5.88 Å². The summed E-state index contributed by atoms with van der Waals surface area (Å²) in [4.78, 5) is 0. The Hall–Kier alpha value is -1.27. The van der Waals surface area contributed by atoms with Gasteiger partial charge in [0, 0.05) is 0 Å². The zero-order valence-corrected chi connectivity index (χ0v) is 7.20. The molecule has 0 fully saturated rings. The third-order valence-electron chi connectivity index (χ3n) is 1.35. The fourth-order valence-corrected chi connectivity index (χ4v) is 0.831. The van der Waals surface area contributed by atoms with Crippen molar-refractivity contribution in [3.05, 3.63) is 29.3 Å². The van der Waals surface area contributed by atoms with Gasteiger partial charge in [0.2, 0.25) is 5.82 Å². The maximum absolute atomic E-state index is 12.9. The highest BCUT2D eigenvalue weighted by Gasteiger charge is 2.10. The van der Waals surface area contributed by atoms with Crippen LogP contribution in [0.5, 0.6) is 5.75 Å². The maximum Gasteiger partial charge on any atom is 0.201 e. The van der Waals surface area contributed by atoms with E-state index in [2.05, 4.69) is 11.8 Å². The summed E-state index contributed by atoms with van der Waals surface area (Å²) in [7, 11) is 0. The molecule has 1 rings (SSSR count). The van der Waals surface area contributed by atoms with Gasteiger partial charge in [-0.3, -0.25) is 0 Å². The first-order chi connectivity index (χ1) is 6.16. The van der Waals surface area contributed by atoms with E-state index in [1.54, 1.807) is 0 Å². The van der Waals surface area contributed by atoms with Crippen LogP contribution < -0.4 is 0 Å². The first kappa shape index (κ1) is 9.82. The molecule has 4 heteroatoms. The van der Waals surface area contributed by atoms with Crippen LogP contribution in [0.1, 0.15) is 5.56 Å². The van der Waals surface area contributed by atoms with E-state index in [1.165, 1.54) is 6.07 Å². The molecule has 0 bridgehead atoms. The maximum atomic E-state index is 12.9. The number of alkyl halides is 1. The Morgan fingerprint density at radius 3 is 2.62 bits per heavy atom. The van der Waals surface area contributed by atoms with E-state index in [-0.39, 0.29) is 11.4 Å². The molecule has 13 heavy (non-hydrogen) atoms. The largest absolute Gasteiger partial charge is 0.505 e. The zero-order valence-electron chi connectivity index (χ0n) is 6.44. The second-order valence-electron chi connectivity index (χ2n) is 2.20. The Bertz CT molecular complexity index is 379. The van der Waals surface area contributed by atoms with E-state index >= 15 is 0 Å². The van der Waals surface area contributed by atoms with Crippen molar-refractivity contribution in [3.8, 4) is 17.6 Å². The molecule has 0 amide bonds. The lowest BCUT2D eigenvalue weighted by atomic mass is 10.2. The molecular weight excluding hydrogens is 198 g/mol. The quantitative estimate of drug-likeness (QED) is 0.506. The van der Waals surface area contributed by atoms with Crippen molar-refractivity contribution < 1.29 is 13.9 Å². The lowest BCUT2D eigenvalue weighted by Gasteiger charge is -1.97. The van der Waals surface area contributed by atoms with Crippen LogP contribution in [0.4, 0.5) is 8.78 Å². The second-order valence-corrected chi connectivity index (χ2v) is 2.46. The standard InChI is InChI=1S/C9H5ClF2O/c10-5-1-2-6-3-4-7(13)9(12)8(6)11/h3-4,13H,5H2. The van der Waals surface area contributed by atoms with Gasteiger partial charge in [-0.2, -0.15) is 4.39 Å². The Morgan fingerprint density at radius 2 is 2.00 bits per heavy atom. The van der Waals surface area contributed by atoms with Crippen LogP contribution in [0.3, 0.4) is 0 Å². The number of benzene rings is 1. The average Bonchev–Trinajstić information content (AvgIpc) is 2.13. The molecule has 1 nitrogen and oxygen atoms in total. The molecule has 0 aliphatic rings. The minimum atomic E-state index is -1.29. The van der Waals surface area contributed by atoms with Crippen LogP contribution >= 0.6 is 11.6 Å². The van der Waals surface area contributed by atoms with Crippen molar-refractivity contribution in [1.82, 2.24) is 0 Å². The SMILES string of the molecule is Oc1ccc(C#CCCl)c(F)c1F. The summed E-state index contributed by atoms with van der Waals surface area (Å²) in [5.74, 6) is 1.57. The highest BCUT2D eigenvalue weighted by molar-refractivity contribution is 6.19. The van der Waals surface area contributed by atoms with Gasteiger partial charge < -0.3 is 5.11 Å². The molecule has 0 saturated heterocycles. The third kappa shape index (κ3) is 2.10. The van der Waals surface area contributed by atoms with E-state index in [9.17, 15) is 8.78 Å². The van der Waals surface area contributed by atoms with E-state index in [4.69, 9.17) is 16.7 Å². The van der Waals surface area contributed by atoms with Crippen molar-refractivity contribution in [1.29, 1.82) is 0 Å². The van der Waals surface area contributed by atoms with Gasteiger partial charge in [0.05, 0.1) is 11.4 Å². The van der Waals surface area contributed by atoms with Gasteiger partial charge in [-0.15, -0.1) is 11.6 Å². The topological polar surface area (TPSA) is 20.2 Å². The van der Waals surface area contributed by atoms with E-state index < -0.39 is 17.4 Å². The Balaban J connectivity index is 3.18. The number of rotatable bonds is 0. The summed E-state index contributed by atoms with van der Waals surface area (Å²) in [5.41, 5.74) is -0.115. The Labute approximate surface area is 79.0 Å². The van der Waals surface area contributed by atoms with Crippen molar-refractivity contribution >= 4 is 11.6 Å². The van der Waals surface area contributed by atoms with Crippen LogP contribution in [0.15, 0.2) is 12.1 Å². The summed E-state index contributed by atoms with van der Waals surface area (Å²) in [5, 5.41) is 8.76. The van der Waals surface area contributed by atoms with Gasteiger partial charge in [0.1, 0.15) is 0 Å². The molecule has 68 valence electrons. The van der Waals surface area contributed by atoms with Crippen molar-refractivity contribution in [2.24, 2.45) is 0 Å². The van der Waals surface area contributed by atoms with Crippen LogP contribution in [0, 0.1) is 23.5 Å². The Morgan fingerprint density at radius 1 is 1.31 bits per heavy atom. The molecule has 1 N–H and O–H groups in total. The molecule has 1 aromatic carbocycles. The number of phenolic OH excluding ortho intramolecular Hbond substituents is 1. The fourth-order valence-electron chi connectivity index (χ4n) is 0.764. The highest BCUT2D eigenvalue weighted by Crippen LogP contribution is 2.20. The molecule has 0 spiro atoms. The minimum Gasteiger partial charge on any atom is -0.505 e. The molecule has 0 radical (unpaired) electrons. The molecule has 0 saturated carbocycles. The van der Waals surface area contributed by atoms with Crippen molar-refractivity contribution in [3.63, 3.8) is 0 Å². The van der Waals surface area contributed by atoms with E-state index in [0.29, 0.717) is 0 Å². The van der Waals surface area contributed by atoms with Gasteiger partial charge in [-0.05, 0) is 12.1 Å². The predicted molar refractivity (Wildman–Crippen MR) is 45.6 cm³/mol. The summed E-state index contributed by atoms with van der Waals surface area (Å²) in [6, 6.07) is 2.23. The van der Waals surface area contributed by atoms with Gasteiger partial charge in [0.15, 0.2) is 11.6 Å². The van der Waals surface area contributed by atoms with Gasteiger partial charge >= 0.3 is 0 Å². The summed E-state index contributed by atoms with van der Waals surface area (Å²) in [6.07, 6.45) is 0. The van der Waals surface area contributed by atoms with E-state index in [1.807, 2.05) is 0 Å². The number of hydrogen-bond donors (Lipinski definition) is 1. The molecule has 0 atom stereocenters. The second kappa shape index (κ2) is 4.11. The first-order valence-electron chi connectivity index (χ1n) is 3.38. The molecule has 0 aliphatic heterocycles. The lowest BCUT2D eigenvalue weighted by molar-refractivity contribution is 0.406. The molecular formula is C9H5ClF2O. The minimum absolute atomic E-state index is 0.0436. The lowest BCUT2D eigenvalue weighted by Crippen LogP contribution is -1.89. The normalized spacial score (nSPS) is 9.15. The monoisotopic (exact) mass is 202 g/mol. The number of aromatic hydroxyl groups is 1. The number of hydrogen-bond acceptors (Lipinski definition) is 1. The molecule has 0 heterocycles. The average molecular weight is 203 g/mol. The number of phenols is 1. The summed E-state index contributed by atoms with van der Waals surface area (Å²) in [6.45, 7) is 0. The van der Waals surface area contributed by atoms with Gasteiger partial charge in [-0.25, -0.2) is 4.39 Å². The van der Waals surface area contributed by atoms with E-state index in [0.717, 1.165) is 6.07 Å². The predicted octanol–water partition coefficient (Wildman–Crippen LogP) is 2.26. The fraction of sp³-hybridized carbons (Fsp3) is 0.111. The van der Waals surface area contributed by atoms with Crippen LogP contribution in [0.25, 0.3) is 0 Å². The first-order valence-corrected chi connectivity index (χ1v) is 3.92. The molecule has 0 unspecified atom stereocenters. The Kier molecular flexibility index (Phi) is 3.10. The van der Waals surface area contributed by atoms with Gasteiger partial charge in [0.25, 0.3) is 0 Å². The number of halogens is 3. The molecule has 0 aromatic heterocycles. The zero-order chi connectivity index (χ0) is 9.84. The highest BCUT2D eigenvalue weighted by atomic mass is 35.5. The van der Waals surface area contributed by atoms with Crippen LogP contribution in [-0.2, 0) is 0 Å². The molecule has 0 aliphatic carbocycles. The van der Waals surface area contributed by atoms with Crippen LogP contribution in [0.2, 0.25) is 0 Å². The van der Waals surface area contributed by atoms with Gasteiger partial charge in [-0.1, -0.05) is 11.8 Å². The third-order valence-corrected chi connectivity index (χ3v) is 1.49. The summed E-state index contributed by atoms with van der Waals surface area (Å²) < 4.78 is 25.6.